The lowest BCUT2D eigenvalue weighted by Crippen LogP contribution is -2.38. The van der Waals surface area contributed by atoms with Crippen LogP contribution in [-0.2, 0) is 9.59 Å². The van der Waals surface area contributed by atoms with Crippen LogP contribution in [0.15, 0.2) is 53.1 Å². The summed E-state index contributed by atoms with van der Waals surface area (Å²) in [6.07, 6.45) is 2.34. The van der Waals surface area contributed by atoms with Crippen LogP contribution in [0.4, 0.5) is 5.69 Å². The Morgan fingerprint density at radius 3 is 2.82 bits per heavy atom. The summed E-state index contributed by atoms with van der Waals surface area (Å²) in [4.78, 5) is 27.0. The van der Waals surface area contributed by atoms with Crippen LogP contribution in [-0.4, -0.2) is 40.0 Å². The Morgan fingerprint density at radius 1 is 1.25 bits per heavy atom. The van der Waals surface area contributed by atoms with Crippen molar-refractivity contribution in [1.29, 1.82) is 0 Å². The molecule has 8 heteroatoms. The standard InChI is InChI=1S/C20H20BrN5O2/c21-15-3-1-12(2-4-15)18(22)20(28)26-8-7-13(11-26)19(27)24-16-5-6-17-14(9-16)10-23-25-17/h1-6,9-10,13,18H,7-8,11,22H2,(H,23,25)(H,24,27)/t13-,18?/m0/s1. The summed E-state index contributed by atoms with van der Waals surface area (Å²) >= 11 is 3.37. The van der Waals surface area contributed by atoms with Gasteiger partial charge in [-0.05, 0) is 42.3 Å². The Balaban J connectivity index is 1.38. The van der Waals surface area contributed by atoms with Crippen LogP contribution in [0, 0.1) is 5.92 Å². The molecule has 2 aromatic carbocycles. The molecule has 1 saturated heterocycles. The van der Waals surface area contributed by atoms with E-state index < -0.39 is 6.04 Å². The lowest BCUT2D eigenvalue weighted by molar-refractivity contribution is -0.132. The summed E-state index contributed by atoms with van der Waals surface area (Å²) in [5, 5.41) is 10.7. The molecule has 1 aromatic heterocycles. The maximum atomic E-state index is 12.7. The lowest BCUT2D eigenvalue weighted by Gasteiger charge is -2.21. The van der Waals surface area contributed by atoms with Crippen LogP contribution in [0.5, 0.6) is 0 Å². The van der Waals surface area contributed by atoms with Gasteiger partial charge in [-0.25, -0.2) is 0 Å². The number of benzene rings is 2. The van der Waals surface area contributed by atoms with Gasteiger partial charge >= 0.3 is 0 Å². The van der Waals surface area contributed by atoms with E-state index in [0.29, 0.717) is 19.5 Å². The average molecular weight is 442 g/mol. The van der Waals surface area contributed by atoms with Gasteiger partial charge in [-0.15, -0.1) is 0 Å². The molecule has 3 aromatic rings. The summed E-state index contributed by atoms with van der Waals surface area (Å²) in [5.41, 5.74) is 8.53. The minimum atomic E-state index is -0.724. The van der Waals surface area contributed by atoms with Gasteiger partial charge < -0.3 is 16.0 Å². The number of nitrogens with one attached hydrogen (secondary N) is 2. The topological polar surface area (TPSA) is 104 Å². The van der Waals surface area contributed by atoms with E-state index in [1.54, 1.807) is 11.1 Å². The normalized spacial score (nSPS) is 17.6. The number of hydrogen-bond donors (Lipinski definition) is 3. The molecule has 0 saturated carbocycles. The van der Waals surface area contributed by atoms with Crippen LogP contribution >= 0.6 is 15.9 Å². The summed E-state index contributed by atoms with van der Waals surface area (Å²) in [6.45, 7) is 0.908. The van der Waals surface area contributed by atoms with Gasteiger partial charge in [-0.1, -0.05) is 28.1 Å². The molecule has 0 spiro atoms. The summed E-state index contributed by atoms with van der Waals surface area (Å²) < 4.78 is 0.933. The van der Waals surface area contributed by atoms with E-state index in [1.165, 1.54) is 0 Å². The molecule has 7 nitrogen and oxygen atoms in total. The van der Waals surface area contributed by atoms with E-state index >= 15 is 0 Å². The lowest BCUT2D eigenvalue weighted by atomic mass is 10.1. The molecule has 144 valence electrons. The first-order chi connectivity index (χ1) is 13.5. The molecule has 0 radical (unpaired) electrons. The number of anilines is 1. The highest BCUT2D eigenvalue weighted by atomic mass is 79.9. The molecule has 2 heterocycles. The van der Waals surface area contributed by atoms with Crippen LogP contribution in [0.1, 0.15) is 18.0 Å². The van der Waals surface area contributed by atoms with Crippen molar-refractivity contribution in [2.75, 3.05) is 18.4 Å². The molecule has 0 bridgehead atoms. The van der Waals surface area contributed by atoms with Crippen molar-refractivity contribution in [2.45, 2.75) is 12.5 Å². The van der Waals surface area contributed by atoms with E-state index in [9.17, 15) is 9.59 Å². The third kappa shape index (κ3) is 3.79. The number of carbonyl (C=O) groups excluding carboxylic acids is 2. The molecule has 1 unspecified atom stereocenters. The molecular weight excluding hydrogens is 422 g/mol. The third-order valence-corrected chi connectivity index (χ3v) is 5.60. The second kappa shape index (κ2) is 7.73. The molecule has 4 N–H and O–H groups in total. The monoisotopic (exact) mass is 441 g/mol. The summed E-state index contributed by atoms with van der Waals surface area (Å²) in [7, 11) is 0. The highest BCUT2D eigenvalue weighted by Crippen LogP contribution is 2.24. The van der Waals surface area contributed by atoms with Gasteiger partial charge in [0.15, 0.2) is 0 Å². The van der Waals surface area contributed by atoms with Crippen molar-refractivity contribution in [2.24, 2.45) is 11.7 Å². The molecular formula is C20H20BrN5O2. The Labute approximate surface area is 170 Å². The molecule has 4 rings (SSSR count). The quantitative estimate of drug-likeness (QED) is 0.578. The number of likely N-dealkylation sites (tertiary alicyclic amines) is 1. The van der Waals surface area contributed by atoms with Gasteiger partial charge in [0, 0.05) is 28.6 Å². The van der Waals surface area contributed by atoms with Gasteiger partial charge in [0.2, 0.25) is 11.8 Å². The van der Waals surface area contributed by atoms with Crippen LogP contribution in [0.25, 0.3) is 10.9 Å². The maximum Gasteiger partial charge on any atom is 0.244 e. The van der Waals surface area contributed by atoms with E-state index in [4.69, 9.17) is 5.73 Å². The highest BCUT2D eigenvalue weighted by Gasteiger charge is 2.33. The Bertz CT molecular complexity index is 1020. The zero-order valence-electron chi connectivity index (χ0n) is 15.1. The molecule has 2 amide bonds. The van der Waals surface area contributed by atoms with Crippen molar-refractivity contribution in [1.82, 2.24) is 15.1 Å². The van der Waals surface area contributed by atoms with Gasteiger partial charge in [0.1, 0.15) is 6.04 Å². The van der Waals surface area contributed by atoms with E-state index in [-0.39, 0.29) is 17.7 Å². The zero-order chi connectivity index (χ0) is 19.7. The predicted molar refractivity (Wildman–Crippen MR) is 110 cm³/mol. The zero-order valence-corrected chi connectivity index (χ0v) is 16.6. The fourth-order valence-corrected chi connectivity index (χ4v) is 3.71. The molecule has 1 aliphatic heterocycles. The maximum absolute atomic E-state index is 12.7. The average Bonchev–Trinajstić information content (AvgIpc) is 3.36. The fourth-order valence-electron chi connectivity index (χ4n) is 3.45. The van der Waals surface area contributed by atoms with E-state index in [1.807, 2.05) is 42.5 Å². The number of rotatable bonds is 4. The van der Waals surface area contributed by atoms with Crippen molar-refractivity contribution in [3.8, 4) is 0 Å². The number of amides is 2. The Kier molecular flexibility index (Phi) is 5.15. The number of nitrogens with two attached hydrogens (primary N) is 1. The SMILES string of the molecule is NC(C(=O)N1CC[C@H](C(=O)Nc2ccc3[nH]ncc3c2)C1)c1ccc(Br)cc1. The number of halogens is 1. The van der Waals surface area contributed by atoms with Crippen molar-refractivity contribution in [3.63, 3.8) is 0 Å². The van der Waals surface area contributed by atoms with Gasteiger partial charge in [-0.2, -0.15) is 5.10 Å². The largest absolute Gasteiger partial charge is 0.340 e. The van der Waals surface area contributed by atoms with Crippen molar-refractivity contribution in [3.05, 3.63) is 58.7 Å². The number of H-pyrrole nitrogens is 1. The first-order valence-electron chi connectivity index (χ1n) is 9.05. The van der Waals surface area contributed by atoms with Crippen LogP contribution in [0.3, 0.4) is 0 Å². The number of nitrogens with zero attached hydrogens (tertiary/aromatic N) is 2. The van der Waals surface area contributed by atoms with E-state index in [2.05, 4.69) is 31.4 Å². The van der Waals surface area contributed by atoms with Crippen LogP contribution < -0.4 is 11.1 Å². The van der Waals surface area contributed by atoms with Crippen molar-refractivity contribution < 1.29 is 9.59 Å². The predicted octanol–water partition coefficient (Wildman–Crippen LogP) is 2.81. The highest BCUT2D eigenvalue weighted by molar-refractivity contribution is 9.10. The third-order valence-electron chi connectivity index (χ3n) is 5.07. The number of fused-ring (bicyclic) bond motifs is 1. The number of carbonyl (C=O) groups is 2. The molecule has 28 heavy (non-hydrogen) atoms. The Morgan fingerprint density at radius 2 is 2.04 bits per heavy atom. The first kappa shape index (κ1) is 18.6. The first-order valence-corrected chi connectivity index (χ1v) is 9.84. The van der Waals surface area contributed by atoms with Crippen molar-refractivity contribution >= 4 is 44.3 Å². The summed E-state index contributed by atoms with van der Waals surface area (Å²) in [6, 6.07) is 12.2. The summed E-state index contributed by atoms with van der Waals surface area (Å²) in [5.74, 6) is -0.492. The molecule has 2 atom stereocenters. The molecule has 1 fully saturated rings. The van der Waals surface area contributed by atoms with Gasteiger partial charge in [0.05, 0.1) is 17.6 Å². The Hall–Kier alpha value is -2.71. The second-order valence-electron chi connectivity index (χ2n) is 6.96. The van der Waals surface area contributed by atoms with Crippen LogP contribution in [0.2, 0.25) is 0 Å². The minimum Gasteiger partial charge on any atom is -0.340 e. The number of aromatic nitrogens is 2. The van der Waals surface area contributed by atoms with Gasteiger partial charge in [0.25, 0.3) is 0 Å². The van der Waals surface area contributed by atoms with Gasteiger partial charge in [-0.3, -0.25) is 14.7 Å². The fraction of sp³-hybridized carbons (Fsp3) is 0.250. The number of hydrogen-bond acceptors (Lipinski definition) is 4. The molecule has 1 aliphatic rings. The smallest absolute Gasteiger partial charge is 0.244 e. The number of aromatic amines is 1. The van der Waals surface area contributed by atoms with E-state index in [0.717, 1.165) is 26.6 Å². The minimum absolute atomic E-state index is 0.0876. The second-order valence-corrected chi connectivity index (χ2v) is 7.88. The molecule has 0 aliphatic carbocycles.